The van der Waals surface area contributed by atoms with Gasteiger partial charge in [-0.3, -0.25) is 28.8 Å². The molecule has 0 N–H and O–H groups in total. The number of rotatable bonds is 25. The summed E-state index contributed by atoms with van der Waals surface area (Å²) < 4.78 is 65.2. The number of hydrogen-bond acceptors (Lipinski definition) is 24. The van der Waals surface area contributed by atoms with E-state index >= 15 is 0 Å². The van der Waals surface area contributed by atoms with Crippen molar-refractivity contribution in [3.05, 3.63) is 147 Å². The highest BCUT2D eigenvalue weighted by atomic mass is 32.2. The van der Waals surface area contributed by atoms with E-state index in [-0.39, 0.29) is 109 Å². The van der Waals surface area contributed by atoms with Gasteiger partial charge in [-0.25, -0.2) is 19.2 Å². The number of ketones is 2. The zero-order valence-electron chi connectivity index (χ0n) is 47.0. The number of carbonyl (C=O) groups excluding carboxylic acids is 10. The Morgan fingerprint density at radius 1 is 0.409 bits per heavy atom. The molecule has 0 radical (unpaired) electrons. The molecule has 3 aliphatic carbocycles. The summed E-state index contributed by atoms with van der Waals surface area (Å²) in [6.45, 7) is 11.2. The summed E-state index contributed by atoms with van der Waals surface area (Å²) in [5.41, 5.74) is 0.590. The van der Waals surface area contributed by atoms with E-state index < -0.39 is 109 Å². The third-order valence-corrected chi connectivity index (χ3v) is 17.6. The van der Waals surface area contributed by atoms with E-state index in [2.05, 4.69) is 26.3 Å². The predicted molar refractivity (Wildman–Crippen MR) is 311 cm³/mol. The van der Waals surface area contributed by atoms with Gasteiger partial charge in [0.25, 0.3) is 0 Å². The molecule has 0 unspecified atom stereocenters. The van der Waals surface area contributed by atoms with Crippen LogP contribution in [0.3, 0.4) is 0 Å². The Bertz CT molecular complexity index is 3400. The molecule has 0 spiro atoms. The number of hydrogen-bond donors (Lipinski definition) is 0. The quantitative estimate of drug-likeness (QED) is 0.0131. The van der Waals surface area contributed by atoms with E-state index in [0.717, 1.165) is 24.3 Å². The van der Waals surface area contributed by atoms with Crippen molar-refractivity contribution in [1.29, 1.82) is 0 Å². The van der Waals surface area contributed by atoms with Gasteiger partial charge >= 0.3 is 47.8 Å². The zero-order chi connectivity index (χ0) is 62.4. The summed E-state index contributed by atoms with van der Waals surface area (Å²) in [6, 6.07) is 21.8. The molecular weight excluding hydrogens is 1180 g/mol. The van der Waals surface area contributed by atoms with Crippen molar-refractivity contribution in [2.24, 2.45) is 29.6 Å². The van der Waals surface area contributed by atoms with E-state index in [0.29, 0.717) is 31.7 Å². The van der Waals surface area contributed by atoms with Gasteiger partial charge in [-0.05, 0) is 75.6 Å². The highest BCUT2D eigenvalue weighted by Crippen LogP contribution is 2.62. The summed E-state index contributed by atoms with van der Waals surface area (Å²) in [6.07, 6.45) is 5.78. The van der Waals surface area contributed by atoms with Gasteiger partial charge in [0.2, 0.25) is 27.2 Å². The second kappa shape index (κ2) is 29.1. The number of fused-ring (bicyclic) bond motifs is 3. The number of thioether (sulfide) groups is 2. The molecular formula is C64H56O22S2. The van der Waals surface area contributed by atoms with Gasteiger partial charge in [-0.15, -0.1) is 23.5 Å². The molecule has 5 aromatic rings. The first kappa shape index (κ1) is 62.8. The molecule has 22 nitrogen and oxygen atoms in total. The lowest BCUT2D eigenvalue weighted by Gasteiger charge is -2.27. The van der Waals surface area contributed by atoms with Crippen molar-refractivity contribution < 1.29 is 105 Å². The first-order valence-corrected chi connectivity index (χ1v) is 29.3. The molecule has 5 aromatic carbocycles. The van der Waals surface area contributed by atoms with Crippen LogP contribution in [-0.4, -0.2) is 91.1 Å². The predicted octanol–water partition coefficient (Wildman–Crippen LogP) is 9.96. The Kier molecular flexibility index (Phi) is 20.8. The number of esters is 8. The van der Waals surface area contributed by atoms with Crippen LogP contribution < -0.4 is 37.9 Å². The second-order valence-electron chi connectivity index (χ2n) is 19.9. The third kappa shape index (κ3) is 14.9. The highest BCUT2D eigenvalue weighted by molar-refractivity contribution is 8.19. The maximum absolute atomic E-state index is 14.4. The van der Waals surface area contributed by atoms with Crippen LogP contribution in [0.2, 0.25) is 0 Å². The Morgan fingerprint density at radius 3 is 1.05 bits per heavy atom. The fourth-order valence-electron chi connectivity index (χ4n) is 10.1. The van der Waals surface area contributed by atoms with Crippen LogP contribution in [0.15, 0.2) is 145 Å². The lowest BCUT2D eigenvalue weighted by atomic mass is 9.82. The third-order valence-electron chi connectivity index (χ3n) is 14.6. The standard InChI is InChI=1S/C64H56O22S2/c1-5-49(65)79-31-75-45-27-25-39(29-47(45)77-33-81-51(67)7-3)83-60(71)35-17-21-37(22-18-35)62(73)85-56-43-15-11-12-16-44(43)57(59-58(56)87-64(88-59)53-54(69)41-13-9-10-14-42(41)55(53)70)86-63(74)38-23-19-36(20-24-38)61(72)84-40-26-28-46(76-32-80-50(66)6-2)48(30-40)78-34-82-52(68)8-4/h5-16,25-30,35-38,53,64H,1-4,17-24,31-34H2. The van der Waals surface area contributed by atoms with E-state index in [9.17, 15) is 47.9 Å². The molecule has 0 atom stereocenters. The molecule has 1 aliphatic heterocycles. The first-order chi connectivity index (χ1) is 42.6. The molecule has 456 valence electrons. The van der Waals surface area contributed by atoms with Crippen molar-refractivity contribution in [2.45, 2.75) is 65.7 Å². The van der Waals surface area contributed by atoms with Crippen LogP contribution in [0.4, 0.5) is 0 Å². The summed E-state index contributed by atoms with van der Waals surface area (Å²) in [5.74, 6) is -9.23. The monoisotopic (exact) mass is 1240 g/mol. The first-order valence-electron chi connectivity index (χ1n) is 27.5. The lowest BCUT2D eigenvalue weighted by Crippen LogP contribution is -2.31. The summed E-state index contributed by atoms with van der Waals surface area (Å²) in [7, 11) is 0. The van der Waals surface area contributed by atoms with Gasteiger partial charge in [0.15, 0.2) is 46.1 Å². The minimum Gasteiger partial charge on any atom is -0.453 e. The minimum absolute atomic E-state index is 0.0122. The molecule has 1 heterocycles. The van der Waals surface area contributed by atoms with Gasteiger partial charge in [0.1, 0.15) is 17.4 Å². The smallest absolute Gasteiger partial charge is 0.333 e. The largest absolute Gasteiger partial charge is 0.453 e. The highest BCUT2D eigenvalue weighted by Gasteiger charge is 2.49. The van der Waals surface area contributed by atoms with Gasteiger partial charge in [-0.2, -0.15) is 0 Å². The molecule has 4 aliphatic rings. The molecule has 0 bridgehead atoms. The Hall–Kier alpha value is -9.68. The maximum Gasteiger partial charge on any atom is 0.333 e. The van der Waals surface area contributed by atoms with Crippen molar-refractivity contribution in [1.82, 2.24) is 0 Å². The molecule has 2 fully saturated rings. The normalized spacial score (nSPS) is 18.4. The van der Waals surface area contributed by atoms with Gasteiger partial charge in [0.05, 0.1) is 38.0 Å². The lowest BCUT2D eigenvalue weighted by molar-refractivity contribution is -0.146. The van der Waals surface area contributed by atoms with Crippen molar-refractivity contribution >= 4 is 93.6 Å². The SMILES string of the molecule is C=CC(=O)OCOc1ccc(OC(=O)C2CCC(C(=O)Oc3c4c(c(OC(=O)C5CCC(C(=O)Oc6ccc(OCOC(=O)C=C)c(OCOC(=O)C=C)c6)CC5)c5ccccc35)SC(C3C(=O)c5ccccc5C3=O)S4)CC2)cc1OCOC(=O)C=C. The second-order valence-corrected chi connectivity index (χ2v) is 22.5. The van der Waals surface area contributed by atoms with E-state index in [1.54, 1.807) is 48.5 Å². The molecule has 88 heavy (non-hydrogen) atoms. The number of ether oxygens (including phenoxy) is 12. The maximum atomic E-state index is 14.4. The molecule has 24 heteroatoms. The van der Waals surface area contributed by atoms with E-state index in [4.69, 9.17) is 56.8 Å². The fourth-order valence-corrected chi connectivity index (χ4v) is 13.3. The van der Waals surface area contributed by atoms with Crippen LogP contribution >= 0.6 is 23.5 Å². The minimum atomic E-state index is -1.12. The van der Waals surface area contributed by atoms with Crippen molar-refractivity contribution in [2.75, 3.05) is 27.2 Å². The van der Waals surface area contributed by atoms with E-state index in [1.165, 1.54) is 59.9 Å². The van der Waals surface area contributed by atoms with Crippen LogP contribution in [0.25, 0.3) is 10.8 Å². The van der Waals surface area contributed by atoms with Crippen molar-refractivity contribution in [3.8, 4) is 46.0 Å². The summed E-state index contributed by atoms with van der Waals surface area (Å²) >= 11 is 2.34. The van der Waals surface area contributed by atoms with Crippen LogP contribution in [0.5, 0.6) is 46.0 Å². The summed E-state index contributed by atoms with van der Waals surface area (Å²) in [4.78, 5) is 131. The average molecular weight is 1240 g/mol. The van der Waals surface area contributed by atoms with Crippen LogP contribution in [0, 0.1) is 29.6 Å². The van der Waals surface area contributed by atoms with Gasteiger partial charge in [-0.1, -0.05) is 74.8 Å². The molecule has 0 aromatic heterocycles. The molecule has 0 amide bonds. The molecule has 9 rings (SSSR count). The van der Waals surface area contributed by atoms with Crippen molar-refractivity contribution in [3.63, 3.8) is 0 Å². The van der Waals surface area contributed by atoms with Crippen LogP contribution in [0.1, 0.15) is 72.1 Å². The van der Waals surface area contributed by atoms with Crippen LogP contribution in [-0.2, 0) is 57.3 Å². The Morgan fingerprint density at radius 2 is 0.716 bits per heavy atom. The topological polar surface area (TPSA) is 281 Å². The summed E-state index contributed by atoms with van der Waals surface area (Å²) in [5, 5.41) is 0.835. The molecule has 0 saturated heterocycles. The van der Waals surface area contributed by atoms with Gasteiger partial charge in [0, 0.05) is 58.3 Å². The number of benzene rings is 5. The fraction of sp³-hybridized carbons (Fsp3) is 0.281. The van der Waals surface area contributed by atoms with Gasteiger partial charge < -0.3 is 56.8 Å². The number of carbonyl (C=O) groups is 10. The van der Waals surface area contributed by atoms with E-state index in [1.807, 2.05) is 0 Å². The number of Topliss-reactive ketones (excluding diaryl/α,β-unsaturated/α-hetero) is 2. The Labute approximate surface area is 511 Å². The Balaban J connectivity index is 0.880. The zero-order valence-corrected chi connectivity index (χ0v) is 48.6. The molecule has 2 saturated carbocycles. The average Bonchev–Trinajstić information content (AvgIpc) is 1.60.